The van der Waals surface area contributed by atoms with Gasteiger partial charge in [0.15, 0.2) is 17.0 Å². The first-order valence-electron chi connectivity index (χ1n) is 10.2. The lowest BCUT2D eigenvalue weighted by Crippen LogP contribution is -2.50. The van der Waals surface area contributed by atoms with Crippen LogP contribution < -0.4 is 4.90 Å². The monoisotopic (exact) mass is 374 g/mol. The Kier molecular flexibility index (Phi) is 5.56. The van der Waals surface area contributed by atoms with Gasteiger partial charge < -0.3 is 14.7 Å². The van der Waals surface area contributed by atoms with Crippen LogP contribution in [-0.2, 0) is 4.74 Å². The summed E-state index contributed by atoms with van der Waals surface area (Å²) < 4.78 is 8.20. The molecule has 2 atom stereocenters. The van der Waals surface area contributed by atoms with Crippen molar-refractivity contribution in [3.63, 3.8) is 0 Å². The molecule has 0 spiro atoms. The molecule has 2 aromatic rings. The second-order valence-corrected chi connectivity index (χ2v) is 7.48. The van der Waals surface area contributed by atoms with Crippen LogP contribution in [0.2, 0.25) is 0 Å². The molecule has 0 unspecified atom stereocenters. The van der Waals surface area contributed by atoms with Crippen molar-refractivity contribution >= 4 is 17.0 Å². The molecule has 2 aromatic heterocycles. The van der Waals surface area contributed by atoms with Gasteiger partial charge in [0.2, 0.25) is 0 Å². The van der Waals surface area contributed by atoms with Gasteiger partial charge in [-0.25, -0.2) is 15.0 Å². The van der Waals surface area contributed by atoms with Crippen molar-refractivity contribution in [2.45, 2.75) is 57.9 Å². The molecule has 3 heterocycles. The van der Waals surface area contributed by atoms with Gasteiger partial charge in [-0.05, 0) is 26.7 Å². The summed E-state index contributed by atoms with van der Waals surface area (Å²) in [4.78, 5) is 18.3. The lowest BCUT2D eigenvalue weighted by molar-refractivity contribution is -0.141. The smallest absolute Gasteiger partial charge is 0.167 e. The van der Waals surface area contributed by atoms with E-state index in [2.05, 4.69) is 38.6 Å². The third-order valence-corrected chi connectivity index (χ3v) is 5.94. The van der Waals surface area contributed by atoms with E-state index in [9.17, 15) is 5.11 Å². The Morgan fingerprint density at radius 1 is 1.15 bits per heavy atom. The number of ether oxygens (including phenoxy) is 1. The van der Waals surface area contributed by atoms with Crippen molar-refractivity contribution in [1.29, 1.82) is 0 Å². The first-order chi connectivity index (χ1) is 13.2. The molecule has 1 N–H and O–H groups in total. The molecule has 4 rings (SSSR count). The molecule has 0 radical (unpaired) electrons. The molecule has 0 aromatic carbocycles. The predicted molar refractivity (Wildman–Crippen MR) is 104 cm³/mol. The van der Waals surface area contributed by atoms with Gasteiger partial charge >= 0.3 is 0 Å². The van der Waals surface area contributed by atoms with Crippen LogP contribution in [0.1, 0.15) is 45.8 Å². The van der Waals surface area contributed by atoms with E-state index in [-0.39, 0.29) is 18.9 Å². The van der Waals surface area contributed by atoms with Gasteiger partial charge in [-0.3, -0.25) is 9.47 Å². The highest BCUT2D eigenvalue weighted by molar-refractivity contribution is 5.83. The van der Waals surface area contributed by atoms with E-state index < -0.39 is 0 Å². The molecular formula is C19H30N6O2. The minimum Gasteiger partial charge on any atom is -0.394 e. The first kappa shape index (κ1) is 18.6. The number of hydrogen-bond acceptors (Lipinski definition) is 7. The van der Waals surface area contributed by atoms with Gasteiger partial charge in [0.25, 0.3) is 0 Å². The van der Waals surface area contributed by atoms with Crippen LogP contribution in [0.25, 0.3) is 11.2 Å². The van der Waals surface area contributed by atoms with Crippen LogP contribution in [0.5, 0.6) is 0 Å². The van der Waals surface area contributed by atoms with E-state index in [4.69, 9.17) is 4.74 Å². The Morgan fingerprint density at radius 2 is 1.93 bits per heavy atom. The van der Waals surface area contributed by atoms with Gasteiger partial charge in [0.05, 0.1) is 19.0 Å². The highest BCUT2D eigenvalue weighted by Gasteiger charge is 2.34. The van der Waals surface area contributed by atoms with E-state index in [0.29, 0.717) is 6.04 Å². The summed E-state index contributed by atoms with van der Waals surface area (Å²) in [6.45, 7) is 7.61. The number of aliphatic hydroxyl groups is 1. The summed E-state index contributed by atoms with van der Waals surface area (Å²) in [7, 11) is 0. The van der Waals surface area contributed by atoms with Gasteiger partial charge in [0, 0.05) is 32.2 Å². The Bertz CT molecular complexity index is 756. The topological polar surface area (TPSA) is 79.5 Å². The van der Waals surface area contributed by atoms with Crippen molar-refractivity contribution in [3.8, 4) is 0 Å². The zero-order chi connectivity index (χ0) is 18.8. The lowest BCUT2D eigenvalue weighted by atomic mass is 10.1. The molecule has 2 aliphatic rings. The lowest BCUT2D eigenvalue weighted by Gasteiger charge is -2.40. The molecule has 148 valence electrons. The number of morpholine rings is 1. The summed E-state index contributed by atoms with van der Waals surface area (Å²) in [6.07, 6.45) is 8.12. The summed E-state index contributed by atoms with van der Waals surface area (Å²) in [6, 6.07) is 0.598. The third kappa shape index (κ3) is 3.53. The molecule has 2 fully saturated rings. The third-order valence-electron chi connectivity index (χ3n) is 5.94. The number of hydrogen-bond donors (Lipinski definition) is 1. The molecule has 1 saturated heterocycles. The summed E-state index contributed by atoms with van der Waals surface area (Å²) >= 11 is 0. The van der Waals surface area contributed by atoms with E-state index in [1.165, 1.54) is 25.7 Å². The fraction of sp³-hybridized carbons (Fsp3) is 0.737. The SMILES string of the molecule is CCN(CC)c1ncnc2c1ncn2[C@H]1CN(C2CCCC2)C[C@@H](CO)O1. The molecular weight excluding hydrogens is 344 g/mol. The van der Waals surface area contributed by atoms with Crippen LogP contribution in [0, 0.1) is 0 Å². The van der Waals surface area contributed by atoms with E-state index in [1.54, 1.807) is 6.33 Å². The van der Waals surface area contributed by atoms with Crippen molar-refractivity contribution in [1.82, 2.24) is 24.4 Å². The summed E-state index contributed by atoms with van der Waals surface area (Å²) in [5.74, 6) is 0.867. The number of nitrogens with zero attached hydrogens (tertiary/aromatic N) is 6. The fourth-order valence-corrected chi connectivity index (χ4v) is 4.47. The standard InChI is InChI=1S/C19H30N6O2/c1-3-23(4-2)18-17-19(21-12-20-18)25(13-22-17)16-10-24(9-15(11-26)27-16)14-7-5-6-8-14/h12-16,26H,3-11H2,1-2H3/t15-,16+/m0/s1. The molecule has 8 nitrogen and oxygen atoms in total. The molecule has 0 bridgehead atoms. The Morgan fingerprint density at radius 3 is 2.63 bits per heavy atom. The molecule has 27 heavy (non-hydrogen) atoms. The zero-order valence-electron chi connectivity index (χ0n) is 16.3. The minimum atomic E-state index is -0.194. The van der Waals surface area contributed by atoms with Gasteiger partial charge in [0.1, 0.15) is 12.6 Å². The van der Waals surface area contributed by atoms with Crippen LogP contribution in [0.4, 0.5) is 5.82 Å². The Hall–Kier alpha value is -1.77. The number of rotatable bonds is 6. The average molecular weight is 374 g/mol. The Balaban J connectivity index is 1.65. The number of fused-ring (bicyclic) bond motifs is 1. The Labute approximate surface area is 160 Å². The van der Waals surface area contributed by atoms with Crippen LogP contribution in [-0.4, -0.2) is 74.5 Å². The predicted octanol–water partition coefficient (Wildman–Crippen LogP) is 1.81. The molecule has 8 heteroatoms. The zero-order valence-corrected chi connectivity index (χ0v) is 16.3. The first-order valence-corrected chi connectivity index (χ1v) is 10.2. The highest BCUT2D eigenvalue weighted by atomic mass is 16.5. The van der Waals surface area contributed by atoms with E-state index in [0.717, 1.165) is 43.2 Å². The second kappa shape index (κ2) is 8.08. The number of anilines is 1. The number of imidazole rings is 1. The molecule has 1 saturated carbocycles. The fourth-order valence-electron chi connectivity index (χ4n) is 4.47. The van der Waals surface area contributed by atoms with E-state index in [1.807, 2.05) is 10.9 Å². The molecule has 1 aliphatic heterocycles. The molecule has 1 aliphatic carbocycles. The van der Waals surface area contributed by atoms with E-state index >= 15 is 0 Å². The van der Waals surface area contributed by atoms with Crippen LogP contribution >= 0.6 is 0 Å². The largest absolute Gasteiger partial charge is 0.394 e. The second-order valence-electron chi connectivity index (χ2n) is 7.48. The van der Waals surface area contributed by atoms with Crippen molar-refractivity contribution in [2.75, 3.05) is 37.7 Å². The quantitative estimate of drug-likeness (QED) is 0.826. The maximum atomic E-state index is 9.75. The number of aromatic nitrogens is 4. The number of aliphatic hydroxyl groups excluding tert-OH is 1. The van der Waals surface area contributed by atoms with Gasteiger partial charge in [-0.2, -0.15) is 0 Å². The maximum Gasteiger partial charge on any atom is 0.167 e. The van der Waals surface area contributed by atoms with Crippen molar-refractivity contribution < 1.29 is 9.84 Å². The van der Waals surface area contributed by atoms with Gasteiger partial charge in [-0.15, -0.1) is 0 Å². The summed E-state index contributed by atoms with van der Waals surface area (Å²) in [5, 5.41) is 9.75. The average Bonchev–Trinajstić information content (AvgIpc) is 3.39. The van der Waals surface area contributed by atoms with Crippen LogP contribution in [0.15, 0.2) is 12.7 Å². The minimum absolute atomic E-state index is 0.0338. The highest BCUT2D eigenvalue weighted by Crippen LogP contribution is 2.31. The summed E-state index contributed by atoms with van der Waals surface area (Å²) in [5.41, 5.74) is 1.60. The van der Waals surface area contributed by atoms with Crippen LogP contribution in [0.3, 0.4) is 0 Å². The normalized spacial score (nSPS) is 24.7. The molecule has 0 amide bonds. The van der Waals surface area contributed by atoms with Gasteiger partial charge in [-0.1, -0.05) is 12.8 Å². The maximum absolute atomic E-state index is 9.75. The van der Waals surface area contributed by atoms with Crippen molar-refractivity contribution in [3.05, 3.63) is 12.7 Å². The van der Waals surface area contributed by atoms with Crippen molar-refractivity contribution in [2.24, 2.45) is 0 Å².